The first-order valence-corrected chi connectivity index (χ1v) is 4.78. The van der Waals surface area contributed by atoms with Gasteiger partial charge in [-0.3, -0.25) is 0 Å². The van der Waals surface area contributed by atoms with Crippen LogP contribution in [0.15, 0.2) is 0 Å². The molecule has 1 rings (SSSR count). The van der Waals surface area contributed by atoms with Gasteiger partial charge in [-0.1, -0.05) is 0 Å². The van der Waals surface area contributed by atoms with Crippen LogP contribution in [-0.4, -0.2) is 32.8 Å². The lowest BCUT2D eigenvalue weighted by atomic mass is 10.1. The summed E-state index contributed by atoms with van der Waals surface area (Å²) in [6.07, 6.45) is 2.09. The topological polar surface area (TPSA) is 50.4 Å². The Morgan fingerprint density at radius 1 is 1.46 bits per heavy atom. The highest BCUT2D eigenvalue weighted by atomic mass is 16.5. The smallest absolute Gasteiger partial charge is 0.407 e. The highest BCUT2D eigenvalue weighted by Crippen LogP contribution is 2.44. The summed E-state index contributed by atoms with van der Waals surface area (Å²) in [4.78, 5) is 11.0. The molecule has 0 aromatic carbocycles. The lowest BCUT2D eigenvalue weighted by Gasteiger charge is -2.14. The molecule has 0 spiro atoms. The Labute approximate surface area is 79.0 Å². The van der Waals surface area contributed by atoms with E-state index in [4.69, 9.17) is 4.74 Å². The van der Waals surface area contributed by atoms with Gasteiger partial charge in [0, 0.05) is 18.5 Å². The van der Waals surface area contributed by atoms with Crippen LogP contribution in [0.4, 0.5) is 4.79 Å². The molecule has 0 heterocycles. The van der Waals surface area contributed by atoms with Gasteiger partial charge in [0.25, 0.3) is 0 Å². The first kappa shape index (κ1) is 10.3. The van der Waals surface area contributed by atoms with Crippen molar-refractivity contribution in [3.63, 3.8) is 0 Å². The Kier molecular flexibility index (Phi) is 3.54. The van der Waals surface area contributed by atoms with Crippen molar-refractivity contribution in [1.29, 1.82) is 0 Å². The van der Waals surface area contributed by atoms with E-state index in [0.29, 0.717) is 12.0 Å². The van der Waals surface area contributed by atoms with Crippen LogP contribution in [0.1, 0.15) is 19.8 Å². The molecule has 1 amide bonds. The fourth-order valence-corrected chi connectivity index (χ4v) is 1.41. The van der Waals surface area contributed by atoms with Gasteiger partial charge in [-0.2, -0.15) is 0 Å². The average molecular weight is 186 g/mol. The van der Waals surface area contributed by atoms with Crippen molar-refractivity contribution < 1.29 is 9.53 Å². The second-order valence-electron chi connectivity index (χ2n) is 3.60. The average Bonchev–Trinajstić information content (AvgIpc) is 2.84. The van der Waals surface area contributed by atoms with Gasteiger partial charge in [0.1, 0.15) is 0 Å². The van der Waals surface area contributed by atoms with Crippen LogP contribution in [0.3, 0.4) is 0 Å². The molecule has 0 aromatic heterocycles. The molecule has 1 fully saturated rings. The molecular weight excluding hydrogens is 168 g/mol. The number of hydrogen-bond donors (Lipinski definition) is 2. The van der Waals surface area contributed by atoms with Crippen molar-refractivity contribution in [2.45, 2.75) is 19.8 Å². The van der Waals surface area contributed by atoms with Crippen molar-refractivity contribution in [3.05, 3.63) is 0 Å². The van der Waals surface area contributed by atoms with E-state index in [9.17, 15) is 4.79 Å². The molecule has 4 heteroatoms. The Morgan fingerprint density at radius 2 is 2.15 bits per heavy atom. The fraction of sp³-hybridized carbons (Fsp3) is 0.889. The molecule has 0 aromatic rings. The van der Waals surface area contributed by atoms with E-state index < -0.39 is 0 Å². The summed E-state index contributed by atoms with van der Waals surface area (Å²) in [7, 11) is 1.93. The lowest BCUT2D eigenvalue weighted by Crippen LogP contribution is -2.35. The van der Waals surface area contributed by atoms with Crippen molar-refractivity contribution >= 4 is 6.09 Å². The Hall–Kier alpha value is -0.770. The van der Waals surface area contributed by atoms with Crippen molar-refractivity contribution in [1.82, 2.24) is 10.6 Å². The molecule has 2 N–H and O–H groups in total. The SMILES string of the molecule is CCOC(=O)NCC1(CNC)CC1. The van der Waals surface area contributed by atoms with Crippen LogP contribution < -0.4 is 10.6 Å². The number of hydrogen-bond acceptors (Lipinski definition) is 3. The summed E-state index contributed by atoms with van der Waals surface area (Å²) in [5, 5.41) is 5.90. The molecule has 1 saturated carbocycles. The molecule has 0 bridgehead atoms. The zero-order valence-corrected chi connectivity index (χ0v) is 8.35. The summed E-state index contributed by atoms with van der Waals surface area (Å²) >= 11 is 0. The number of rotatable bonds is 5. The summed E-state index contributed by atoms with van der Waals surface area (Å²) < 4.78 is 4.77. The quantitative estimate of drug-likeness (QED) is 0.665. The summed E-state index contributed by atoms with van der Waals surface area (Å²) in [6, 6.07) is 0. The Balaban J connectivity index is 2.14. The number of alkyl carbamates (subject to hydrolysis) is 1. The van der Waals surface area contributed by atoms with Crippen LogP contribution in [0.2, 0.25) is 0 Å². The molecule has 0 unspecified atom stereocenters. The molecule has 76 valence electrons. The van der Waals surface area contributed by atoms with Crippen molar-refractivity contribution in [2.24, 2.45) is 5.41 Å². The fourth-order valence-electron chi connectivity index (χ4n) is 1.41. The second-order valence-corrected chi connectivity index (χ2v) is 3.60. The highest BCUT2D eigenvalue weighted by molar-refractivity contribution is 5.67. The van der Waals surface area contributed by atoms with Gasteiger partial charge in [-0.05, 0) is 26.8 Å². The van der Waals surface area contributed by atoms with E-state index in [1.54, 1.807) is 6.92 Å². The highest BCUT2D eigenvalue weighted by Gasteiger charge is 2.41. The largest absolute Gasteiger partial charge is 0.450 e. The van der Waals surface area contributed by atoms with E-state index in [1.165, 1.54) is 12.8 Å². The number of nitrogens with one attached hydrogen (secondary N) is 2. The van der Waals surface area contributed by atoms with E-state index in [1.807, 2.05) is 7.05 Å². The van der Waals surface area contributed by atoms with Crippen LogP contribution in [0.5, 0.6) is 0 Å². The molecule has 0 aliphatic heterocycles. The van der Waals surface area contributed by atoms with Gasteiger partial charge in [-0.15, -0.1) is 0 Å². The molecule has 13 heavy (non-hydrogen) atoms. The minimum atomic E-state index is -0.301. The summed E-state index contributed by atoms with van der Waals surface area (Å²) in [5.74, 6) is 0. The van der Waals surface area contributed by atoms with Gasteiger partial charge in [0.05, 0.1) is 6.61 Å². The number of carbonyl (C=O) groups is 1. The molecule has 0 radical (unpaired) electrons. The Bertz CT molecular complexity index is 178. The number of amides is 1. The second kappa shape index (κ2) is 4.46. The zero-order chi connectivity index (χ0) is 9.73. The third-order valence-electron chi connectivity index (χ3n) is 2.39. The van der Waals surface area contributed by atoms with Gasteiger partial charge in [-0.25, -0.2) is 4.79 Å². The summed E-state index contributed by atoms with van der Waals surface area (Å²) in [5.41, 5.74) is 0.307. The van der Waals surface area contributed by atoms with Crippen LogP contribution in [0, 0.1) is 5.41 Å². The molecular formula is C9H18N2O2. The maximum absolute atomic E-state index is 11.0. The van der Waals surface area contributed by atoms with Gasteiger partial charge >= 0.3 is 6.09 Å². The van der Waals surface area contributed by atoms with Gasteiger partial charge in [0.2, 0.25) is 0 Å². The first-order valence-electron chi connectivity index (χ1n) is 4.78. The third-order valence-corrected chi connectivity index (χ3v) is 2.39. The normalized spacial score (nSPS) is 18.0. The molecule has 0 atom stereocenters. The minimum absolute atomic E-state index is 0.301. The van der Waals surface area contributed by atoms with Crippen molar-refractivity contribution in [3.8, 4) is 0 Å². The standard InChI is InChI=1S/C9H18N2O2/c1-3-13-8(12)11-7-9(4-5-9)6-10-2/h10H,3-7H2,1-2H3,(H,11,12). The molecule has 1 aliphatic rings. The van der Waals surface area contributed by atoms with Crippen LogP contribution in [-0.2, 0) is 4.74 Å². The van der Waals surface area contributed by atoms with Gasteiger partial charge < -0.3 is 15.4 Å². The number of carbonyl (C=O) groups excluding carboxylic acids is 1. The third kappa shape index (κ3) is 3.22. The predicted octanol–water partition coefficient (Wildman–Crippen LogP) is 0.732. The monoisotopic (exact) mass is 186 g/mol. The summed E-state index contributed by atoms with van der Waals surface area (Å²) in [6.45, 7) is 3.94. The van der Waals surface area contributed by atoms with E-state index in [0.717, 1.165) is 13.1 Å². The lowest BCUT2D eigenvalue weighted by molar-refractivity contribution is 0.149. The maximum atomic E-state index is 11.0. The maximum Gasteiger partial charge on any atom is 0.407 e. The molecule has 1 aliphatic carbocycles. The van der Waals surface area contributed by atoms with E-state index in [-0.39, 0.29) is 6.09 Å². The van der Waals surface area contributed by atoms with Crippen LogP contribution >= 0.6 is 0 Å². The molecule has 0 saturated heterocycles. The van der Waals surface area contributed by atoms with E-state index >= 15 is 0 Å². The predicted molar refractivity (Wildman–Crippen MR) is 50.6 cm³/mol. The Morgan fingerprint density at radius 3 is 2.62 bits per heavy atom. The van der Waals surface area contributed by atoms with Crippen molar-refractivity contribution in [2.75, 3.05) is 26.7 Å². The minimum Gasteiger partial charge on any atom is -0.450 e. The van der Waals surface area contributed by atoms with E-state index in [2.05, 4.69) is 10.6 Å². The van der Waals surface area contributed by atoms with Gasteiger partial charge in [0.15, 0.2) is 0 Å². The molecule has 4 nitrogen and oxygen atoms in total. The zero-order valence-electron chi connectivity index (χ0n) is 8.35. The first-order chi connectivity index (χ1) is 6.22. The number of ether oxygens (including phenoxy) is 1. The van der Waals surface area contributed by atoms with Crippen LogP contribution in [0.25, 0.3) is 0 Å².